The number of hydrogen-bond acceptors (Lipinski definition) is 8. The van der Waals surface area contributed by atoms with Crippen molar-refractivity contribution in [2.45, 2.75) is 19.9 Å². The zero-order valence-electron chi connectivity index (χ0n) is 20.6. The molecule has 0 aliphatic carbocycles. The van der Waals surface area contributed by atoms with Gasteiger partial charge in [-0.15, -0.1) is 0 Å². The molecule has 37 heavy (non-hydrogen) atoms. The zero-order valence-corrected chi connectivity index (χ0v) is 21.4. The Morgan fingerprint density at radius 2 is 1.73 bits per heavy atom. The Kier molecular flexibility index (Phi) is 6.08. The highest BCUT2D eigenvalue weighted by Crippen LogP contribution is 2.46. The molecular formula is C28H24N2O6S. The number of aromatic hydroxyl groups is 1. The van der Waals surface area contributed by atoms with Crippen LogP contribution in [0.25, 0.3) is 16.0 Å². The topological polar surface area (TPSA) is 109 Å². The molecule has 3 aromatic carbocycles. The molecule has 1 amide bonds. The van der Waals surface area contributed by atoms with Crippen molar-refractivity contribution >= 4 is 44.1 Å². The van der Waals surface area contributed by atoms with Gasteiger partial charge in [0.15, 0.2) is 5.13 Å². The summed E-state index contributed by atoms with van der Waals surface area (Å²) >= 11 is 1.24. The maximum absolute atomic E-state index is 13.5. The molecule has 4 aromatic rings. The van der Waals surface area contributed by atoms with Gasteiger partial charge in [0, 0.05) is 0 Å². The van der Waals surface area contributed by atoms with Crippen molar-refractivity contribution in [2.75, 3.05) is 19.1 Å². The molecule has 1 aliphatic heterocycles. The van der Waals surface area contributed by atoms with Gasteiger partial charge in [0.2, 0.25) is 0 Å². The van der Waals surface area contributed by atoms with Crippen LogP contribution in [0.2, 0.25) is 0 Å². The number of ether oxygens (including phenoxy) is 2. The van der Waals surface area contributed by atoms with Crippen molar-refractivity contribution in [3.63, 3.8) is 0 Å². The average Bonchev–Trinajstić information content (AvgIpc) is 3.41. The van der Waals surface area contributed by atoms with Gasteiger partial charge < -0.3 is 19.7 Å². The van der Waals surface area contributed by atoms with Crippen LogP contribution < -0.4 is 14.4 Å². The number of nitrogens with zero attached hydrogens (tertiary/aromatic N) is 2. The number of anilines is 1. The second kappa shape index (κ2) is 9.25. The molecule has 2 heterocycles. The molecule has 0 radical (unpaired) electrons. The monoisotopic (exact) mass is 516 g/mol. The summed E-state index contributed by atoms with van der Waals surface area (Å²) in [5.41, 5.74) is 3.03. The first-order valence-electron chi connectivity index (χ1n) is 11.4. The number of hydrogen-bond donors (Lipinski definition) is 2. The van der Waals surface area contributed by atoms with Crippen LogP contribution in [0.3, 0.4) is 0 Å². The smallest absolute Gasteiger partial charge is 0.301 e. The third-order valence-electron chi connectivity index (χ3n) is 6.32. The number of aromatic nitrogens is 1. The highest BCUT2D eigenvalue weighted by atomic mass is 32.1. The van der Waals surface area contributed by atoms with Gasteiger partial charge in [-0.05, 0) is 66.9 Å². The Morgan fingerprint density at radius 3 is 2.41 bits per heavy atom. The van der Waals surface area contributed by atoms with Crippen LogP contribution in [0.15, 0.2) is 60.2 Å². The molecule has 188 valence electrons. The summed E-state index contributed by atoms with van der Waals surface area (Å²) in [5.74, 6) is -0.913. The lowest BCUT2D eigenvalue weighted by Gasteiger charge is -2.23. The van der Waals surface area contributed by atoms with Gasteiger partial charge in [-0.3, -0.25) is 14.5 Å². The van der Waals surface area contributed by atoms with Gasteiger partial charge in [0.25, 0.3) is 5.78 Å². The Labute approximate surface area is 217 Å². The van der Waals surface area contributed by atoms with E-state index in [0.29, 0.717) is 33.3 Å². The number of rotatable bonds is 5. The van der Waals surface area contributed by atoms with E-state index in [1.54, 1.807) is 37.4 Å². The van der Waals surface area contributed by atoms with Crippen molar-refractivity contribution in [1.82, 2.24) is 4.98 Å². The van der Waals surface area contributed by atoms with E-state index >= 15 is 0 Å². The minimum Gasteiger partial charge on any atom is -0.508 e. The minimum atomic E-state index is -0.978. The lowest BCUT2D eigenvalue weighted by molar-refractivity contribution is -0.132. The van der Waals surface area contributed by atoms with Crippen molar-refractivity contribution < 1.29 is 29.3 Å². The number of amides is 1. The molecule has 1 atom stereocenters. The molecule has 0 spiro atoms. The van der Waals surface area contributed by atoms with Gasteiger partial charge in [0.1, 0.15) is 23.0 Å². The van der Waals surface area contributed by atoms with Crippen LogP contribution in [-0.4, -0.2) is 41.1 Å². The van der Waals surface area contributed by atoms with Crippen molar-refractivity contribution in [3.05, 3.63) is 82.4 Å². The maximum Gasteiger partial charge on any atom is 0.301 e. The Morgan fingerprint density at radius 1 is 1.00 bits per heavy atom. The van der Waals surface area contributed by atoms with E-state index in [1.807, 2.05) is 26.0 Å². The van der Waals surface area contributed by atoms with Crippen molar-refractivity contribution in [2.24, 2.45) is 0 Å². The maximum atomic E-state index is 13.5. The molecule has 1 aliphatic rings. The molecule has 2 N–H and O–H groups in total. The minimum absolute atomic E-state index is 0.0313. The number of aliphatic hydroxyl groups excluding tert-OH is 1. The van der Waals surface area contributed by atoms with Gasteiger partial charge in [-0.1, -0.05) is 29.5 Å². The molecule has 5 rings (SSSR count). The molecular weight excluding hydrogens is 492 g/mol. The molecule has 1 aromatic heterocycles. The number of Topliss-reactive ketones (excluding diaryl/α,β-unsaturated/α-hetero) is 1. The Balaban J connectivity index is 1.76. The number of aryl methyl sites for hydroxylation is 2. The number of carbonyl (C=O) groups is 2. The highest BCUT2D eigenvalue weighted by Gasteiger charge is 2.48. The molecule has 9 heteroatoms. The standard InChI is InChI=1S/C28H24N2O6S/c1-14-11-15(2)26(36-4)19(12-14)24(32)22-23(16-5-7-17(31)8-6-16)30(27(34)25(22)33)28-29-20-10-9-18(35-3)13-21(20)37-28/h5-13,23,31-32H,1-4H3/b24-22+. The Bertz CT molecular complexity index is 1590. The molecule has 1 unspecified atom stereocenters. The number of phenolic OH excluding ortho intramolecular Hbond substituents is 1. The van der Waals surface area contributed by atoms with Gasteiger partial charge in [-0.25, -0.2) is 4.98 Å². The summed E-state index contributed by atoms with van der Waals surface area (Å²) in [6.07, 6.45) is 0. The third-order valence-corrected chi connectivity index (χ3v) is 7.34. The summed E-state index contributed by atoms with van der Waals surface area (Å²) in [6.45, 7) is 3.71. The van der Waals surface area contributed by atoms with Gasteiger partial charge >= 0.3 is 5.91 Å². The van der Waals surface area contributed by atoms with Crippen LogP contribution in [-0.2, 0) is 9.59 Å². The summed E-state index contributed by atoms with van der Waals surface area (Å²) in [5, 5.41) is 21.7. The fourth-order valence-corrected chi connectivity index (χ4v) is 5.69. The van der Waals surface area contributed by atoms with Crippen LogP contribution in [0.5, 0.6) is 17.2 Å². The van der Waals surface area contributed by atoms with E-state index in [4.69, 9.17) is 9.47 Å². The molecule has 1 fully saturated rings. The van der Waals surface area contributed by atoms with E-state index in [1.165, 1.54) is 35.5 Å². The SMILES string of the molecule is COc1ccc2nc(N3C(=O)C(=O)/C(=C(/O)c4cc(C)cc(C)c4OC)C3c3ccc(O)cc3)sc2c1. The summed E-state index contributed by atoms with van der Waals surface area (Å²) in [4.78, 5) is 32.9. The summed E-state index contributed by atoms with van der Waals surface area (Å²) in [7, 11) is 3.05. The fraction of sp³-hybridized carbons (Fsp3) is 0.179. The van der Waals surface area contributed by atoms with Crippen molar-refractivity contribution in [1.29, 1.82) is 0 Å². The first-order valence-corrected chi connectivity index (χ1v) is 12.2. The van der Waals surface area contributed by atoms with E-state index in [-0.39, 0.29) is 17.1 Å². The number of fused-ring (bicyclic) bond motifs is 1. The number of carbonyl (C=O) groups excluding carboxylic acids is 2. The summed E-state index contributed by atoms with van der Waals surface area (Å²) < 4.78 is 11.6. The first-order chi connectivity index (χ1) is 17.7. The van der Waals surface area contributed by atoms with Crippen LogP contribution in [0.1, 0.15) is 28.3 Å². The fourth-order valence-electron chi connectivity index (χ4n) is 4.67. The number of phenols is 1. The second-order valence-electron chi connectivity index (χ2n) is 8.75. The van der Waals surface area contributed by atoms with E-state index in [0.717, 1.165) is 15.8 Å². The number of benzene rings is 3. The number of thiazole rings is 1. The van der Waals surface area contributed by atoms with E-state index in [9.17, 15) is 19.8 Å². The van der Waals surface area contributed by atoms with E-state index in [2.05, 4.69) is 4.98 Å². The number of methoxy groups -OCH3 is 2. The van der Waals surface area contributed by atoms with Crippen molar-refractivity contribution in [3.8, 4) is 17.2 Å². The largest absolute Gasteiger partial charge is 0.508 e. The highest BCUT2D eigenvalue weighted by molar-refractivity contribution is 7.22. The first kappa shape index (κ1) is 24.3. The van der Waals surface area contributed by atoms with Gasteiger partial charge in [0.05, 0.1) is 41.6 Å². The van der Waals surface area contributed by atoms with E-state index < -0.39 is 17.7 Å². The quantitative estimate of drug-likeness (QED) is 0.211. The predicted octanol–water partition coefficient (Wildman–Crippen LogP) is 5.26. The number of ketones is 1. The predicted molar refractivity (Wildman–Crippen MR) is 142 cm³/mol. The zero-order chi connectivity index (χ0) is 26.4. The normalized spacial score (nSPS) is 17.0. The molecule has 8 nitrogen and oxygen atoms in total. The van der Waals surface area contributed by atoms with Crippen LogP contribution in [0.4, 0.5) is 5.13 Å². The molecule has 0 saturated carbocycles. The number of aliphatic hydroxyl groups is 1. The summed E-state index contributed by atoms with van der Waals surface area (Å²) in [6, 6.07) is 14.2. The lowest BCUT2D eigenvalue weighted by Crippen LogP contribution is -2.29. The lowest BCUT2D eigenvalue weighted by atomic mass is 9.93. The second-order valence-corrected chi connectivity index (χ2v) is 9.76. The Hall–Kier alpha value is -4.37. The van der Waals surface area contributed by atoms with Crippen LogP contribution >= 0.6 is 11.3 Å². The van der Waals surface area contributed by atoms with Gasteiger partial charge in [-0.2, -0.15) is 0 Å². The average molecular weight is 517 g/mol. The molecule has 0 bridgehead atoms. The van der Waals surface area contributed by atoms with Crippen LogP contribution in [0, 0.1) is 13.8 Å². The third kappa shape index (κ3) is 4.07. The molecule has 1 saturated heterocycles.